The summed E-state index contributed by atoms with van der Waals surface area (Å²) in [5.41, 5.74) is 4.23. The summed E-state index contributed by atoms with van der Waals surface area (Å²) >= 11 is 0. The monoisotopic (exact) mass is 478 g/mol. The summed E-state index contributed by atoms with van der Waals surface area (Å²) in [7, 11) is 3.76. The average Bonchev–Trinajstić information content (AvgIpc) is 2.78. The van der Waals surface area contributed by atoms with E-state index in [0.29, 0.717) is 23.6 Å². The molecule has 0 unspecified atom stereocenters. The van der Waals surface area contributed by atoms with Crippen molar-refractivity contribution in [1.82, 2.24) is 9.80 Å². The van der Waals surface area contributed by atoms with Crippen LogP contribution in [0, 0.1) is 0 Å². The van der Waals surface area contributed by atoms with Crippen molar-refractivity contribution in [3.05, 3.63) is 64.2 Å². The number of phenols is 1. The maximum absolute atomic E-state index is 13.4. The van der Waals surface area contributed by atoms with E-state index in [1.807, 2.05) is 24.3 Å². The number of piperazine rings is 1. The fourth-order valence-electron chi connectivity index (χ4n) is 4.37. The molecule has 1 aliphatic heterocycles. The number of aromatic hydroxyl groups is 1. The molecule has 2 aromatic rings. The Balaban J connectivity index is 1.90. The number of allylic oxidation sites excluding steroid dienone is 1. The van der Waals surface area contributed by atoms with Gasteiger partial charge in [0.05, 0.1) is 12.7 Å². The first kappa shape index (κ1) is 27.0. The Morgan fingerprint density at radius 2 is 1.66 bits per heavy atom. The number of phenolic OH excluding ortho intramolecular Hbond substituents is 1. The Bertz CT molecular complexity index is 1080. The third-order valence-corrected chi connectivity index (χ3v) is 6.75. The first-order valence-electron chi connectivity index (χ1n) is 12.5. The Hall–Kier alpha value is -2.63. The van der Waals surface area contributed by atoms with Crippen molar-refractivity contribution in [3.63, 3.8) is 0 Å². The van der Waals surface area contributed by atoms with E-state index in [-0.39, 0.29) is 16.6 Å². The molecule has 0 aromatic heterocycles. The van der Waals surface area contributed by atoms with Gasteiger partial charge in [-0.3, -0.25) is 9.69 Å². The number of ether oxygens (including phenoxy) is 1. The summed E-state index contributed by atoms with van der Waals surface area (Å²) in [5.74, 6) is 0.843. The standard InChI is InChI=1S/C30H42N2O3/c1-29(2,3)23-18-24(28(35-8)25(19-23)30(4,5)6)27(34)12-10-21-9-11-26(33)22(17-21)20-32-15-13-31(7)14-16-32/h9-12,17-19,33H,13-16,20H2,1-8H3. The van der Waals surface area contributed by atoms with E-state index in [1.54, 1.807) is 19.3 Å². The van der Waals surface area contributed by atoms with Crippen LogP contribution in [0.3, 0.4) is 0 Å². The maximum Gasteiger partial charge on any atom is 0.189 e. The van der Waals surface area contributed by atoms with Crippen LogP contribution in [-0.2, 0) is 17.4 Å². The molecule has 0 atom stereocenters. The minimum absolute atomic E-state index is 0.0906. The quantitative estimate of drug-likeness (QED) is 0.430. The van der Waals surface area contributed by atoms with Crippen LogP contribution < -0.4 is 4.74 Å². The van der Waals surface area contributed by atoms with E-state index < -0.39 is 0 Å². The molecule has 1 aliphatic rings. The van der Waals surface area contributed by atoms with Gasteiger partial charge < -0.3 is 14.7 Å². The molecule has 0 saturated carbocycles. The van der Waals surface area contributed by atoms with Crippen molar-refractivity contribution < 1.29 is 14.6 Å². The number of hydrogen-bond donors (Lipinski definition) is 1. The van der Waals surface area contributed by atoms with Crippen LogP contribution in [0.1, 0.15) is 74.2 Å². The molecule has 1 saturated heterocycles. The summed E-state index contributed by atoms with van der Waals surface area (Å²) in [4.78, 5) is 18.1. The molecule has 1 N–H and O–H groups in total. The minimum atomic E-state index is -0.166. The van der Waals surface area contributed by atoms with Gasteiger partial charge in [0.2, 0.25) is 0 Å². The summed E-state index contributed by atoms with van der Waals surface area (Å²) in [5, 5.41) is 10.4. The third kappa shape index (κ3) is 6.74. The first-order valence-corrected chi connectivity index (χ1v) is 12.5. The highest BCUT2D eigenvalue weighted by atomic mass is 16.5. The average molecular weight is 479 g/mol. The molecule has 2 aromatic carbocycles. The molecule has 0 aliphatic carbocycles. The van der Waals surface area contributed by atoms with Gasteiger partial charge in [-0.15, -0.1) is 0 Å². The van der Waals surface area contributed by atoms with Crippen LogP contribution in [0.5, 0.6) is 11.5 Å². The Morgan fingerprint density at radius 3 is 2.23 bits per heavy atom. The second-order valence-electron chi connectivity index (χ2n) is 11.8. The van der Waals surface area contributed by atoms with Gasteiger partial charge in [0.15, 0.2) is 5.78 Å². The highest BCUT2D eigenvalue weighted by Gasteiger charge is 2.27. The zero-order valence-electron chi connectivity index (χ0n) is 22.7. The highest BCUT2D eigenvalue weighted by Crippen LogP contribution is 2.38. The molecule has 5 heteroatoms. The number of hydrogen-bond acceptors (Lipinski definition) is 5. The molecule has 0 bridgehead atoms. The molecule has 3 rings (SSSR count). The Morgan fingerprint density at radius 1 is 1.00 bits per heavy atom. The molecule has 1 heterocycles. The van der Waals surface area contributed by atoms with Gasteiger partial charge in [-0.1, -0.05) is 59.8 Å². The minimum Gasteiger partial charge on any atom is -0.508 e. The molecule has 0 spiro atoms. The van der Waals surface area contributed by atoms with Gasteiger partial charge >= 0.3 is 0 Å². The molecule has 190 valence electrons. The van der Waals surface area contributed by atoms with Gasteiger partial charge in [0.1, 0.15) is 11.5 Å². The lowest BCUT2D eigenvalue weighted by Gasteiger charge is -2.32. The van der Waals surface area contributed by atoms with E-state index in [9.17, 15) is 9.90 Å². The molecule has 5 nitrogen and oxygen atoms in total. The predicted octanol–water partition coefficient (Wildman–Crippen LogP) is 5.64. The highest BCUT2D eigenvalue weighted by molar-refractivity contribution is 6.09. The summed E-state index contributed by atoms with van der Waals surface area (Å²) in [6.07, 6.45) is 3.44. The normalized spacial score (nSPS) is 16.1. The molecular formula is C30H42N2O3. The van der Waals surface area contributed by atoms with Gasteiger partial charge in [-0.05, 0) is 53.3 Å². The molecule has 1 fully saturated rings. The first-order chi connectivity index (χ1) is 16.3. The largest absolute Gasteiger partial charge is 0.508 e. The molecular weight excluding hydrogens is 436 g/mol. The summed E-state index contributed by atoms with van der Waals surface area (Å²) in [6.45, 7) is 17.6. The fraction of sp³-hybridized carbons (Fsp3) is 0.500. The lowest BCUT2D eigenvalue weighted by Crippen LogP contribution is -2.43. The second kappa shape index (κ2) is 10.5. The third-order valence-electron chi connectivity index (χ3n) is 6.75. The lowest BCUT2D eigenvalue weighted by atomic mass is 9.78. The van der Waals surface area contributed by atoms with E-state index in [4.69, 9.17) is 4.74 Å². The number of ketones is 1. The van der Waals surface area contributed by atoms with Crippen molar-refractivity contribution in [3.8, 4) is 11.5 Å². The van der Waals surface area contributed by atoms with Crippen molar-refractivity contribution in [1.29, 1.82) is 0 Å². The van der Waals surface area contributed by atoms with E-state index >= 15 is 0 Å². The fourth-order valence-corrected chi connectivity index (χ4v) is 4.37. The molecule has 0 radical (unpaired) electrons. The number of nitrogens with zero attached hydrogens (tertiary/aromatic N) is 2. The molecule has 0 amide bonds. The number of likely N-dealkylation sites (N-methyl/N-ethyl adjacent to an activating group) is 1. The zero-order valence-corrected chi connectivity index (χ0v) is 22.7. The van der Waals surface area contributed by atoms with Crippen LogP contribution in [0.2, 0.25) is 0 Å². The van der Waals surface area contributed by atoms with Crippen LogP contribution in [0.4, 0.5) is 0 Å². The summed E-state index contributed by atoms with van der Waals surface area (Å²) in [6, 6.07) is 9.67. The Labute approximate surface area is 211 Å². The van der Waals surface area contributed by atoms with Crippen molar-refractivity contribution in [2.45, 2.75) is 58.9 Å². The van der Waals surface area contributed by atoms with Crippen molar-refractivity contribution in [2.75, 3.05) is 40.3 Å². The van der Waals surface area contributed by atoms with Crippen LogP contribution >= 0.6 is 0 Å². The van der Waals surface area contributed by atoms with Gasteiger partial charge in [0.25, 0.3) is 0 Å². The summed E-state index contributed by atoms with van der Waals surface area (Å²) < 4.78 is 5.77. The smallest absolute Gasteiger partial charge is 0.189 e. The number of methoxy groups -OCH3 is 1. The zero-order chi connectivity index (χ0) is 26.0. The maximum atomic E-state index is 13.4. The SMILES string of the molecule is COc1c(C(=O)C=Cc2ccc(O)c(CN3CCN(C)CC3)c2)cc(C(C)(C)C)cc1C(C)(C)C. The van der Waals surface area contributed by atoms with Crippen LogP contribution in [-0.4, -0.2) is 61.0 Å². The number of benzene rings is 2. The topological polar surface area (TPSA) is 53.0 Å². The van der Waals surface area contributed by atoms with Gasteiger partial charge in [-0.25, -0.2) is 0 Å². The Kier molecular flexibility index (Phi) is 8.13. The number of carbonyl (C=O) groups excluding carboxylic acids is 1. The van der Waals surface area contributed by atoms with E-state index in [2.05, 4.69) is 64.5 Å². The van der Waals surface area contributed by atoms with E-state index in [1.165, 1.54) is 0 Å². The van der Waals surface area contributed by atoms with Crippen molar-refractivity contribution >= 4 is 11.9 Å². The van der Waals surface area contributed by atoms with E-state index in [0.717, 1.165) is 48.4 Å². The number of carbonyl (C=O) groups is 1. The van der Waals surface area contributed by atoms with Gasteiger partial charge in [0, 0.05) is 43.9 Å². The number of rotatable bonds is 6. The lowest BCUT2D eigenvalue weighted by molar-refractivity contribution is 0.104. The predicted molar refractivity (Wildman–Crippen MR) is 145 cm³/mol. The van der Waals surface area contributed by atoms with Crippen molar-refractivity contribution in [2.24, 2.45) is 0 Å². The molecule has 35 heavy (non-hydrogen) atoms. The second-order valence-corrected chi connectivity index (χ2v) is 11.8. The van der Waals surface area contributed by atoms with Gasteiger partial charge in [-0.2, -0.15) is 0 Å². The van der Waals surface area contributed by atoms with Crippen LogP contribution in [0.15, 0.2) is 36.4 Å². The van der Waals surface area contributed by atoms with Crippen LogP contribution in [0.25, 0.3) is 6.08 Å².